The Balaban J connectivity index is 0.00000144. The van der Waals surface area contributed by atoms with Crippen molar-refractivity contribution in [3.63, 3.8) is 0 Å². The van der Waals surface area contributed by atoms with E-state index in [-0.39, 0.29) is 12.4 Å². The molecule has 1 aliphatic heterocycles. The van der Waals surface area contributed by atoms with Crippen LogP contribution in [0, 0.1) is 0 Å². The number of ether oxygens (including phenoxy) is 1. The van der Waals surface area contributed by atoms with Crippen LogP contribution in [0.1, 0.15) is 0 Å². The lowest BCUT2D eigenvalue weighted by Crippen LogP contribution is -2.31. The second-order valence-corrected chi connectivity index (χ2v) is 2.31. The van der Waals surface area contributed by atoms with Gasteiger partial charge in [0.2, 0.25) is 5.76 Å². The minimum Gasteiger partial charge on any atom is -0.505 e. The summed E-state index contributed by atoms with van der Waals surface area (Å²) in [5, 5.41) is 35.0. The summed E-state index contributed by atoms with van der Waals surface area (Å²) in [6.45, 7) is -0.671. The topological polar surface area (TPSA) is 107 Å². The molecule has 1 aliphatic rings. The van der Waals surface area contributed by atoms with E-state index in [1.54, 1.807) is 0 Å². The van der Waals surface area contributed by atoms with Crippen molar-refractivity contribution in [3.8, 4) is 0 Å². The van der Waals surface area contributed by atoms with Gasteiger partial charge in [0.15, 0.2) is 11.9 Å². The molecule has 0 amide bonds. The summed E-state index contributed by atoms with van der Waals surface area (Å²) in [6.07, 6.45) is -2.78. The molecule has 0 fully saturated rings. The summed E-state index contributed by atoms with van der Waals surface area (Å²) in [4.78, 5) is 10.5. The van der Waals surface area contributed by atoms with Gasteiger partial charge in [-0.25, -0.2) is 4.79 Å². The van der Waals surface area contributed by atoms with E-state index in [2.05, 4.69) is 4.74 Å². The van der Waals surface area contributed by atoms with Crippen LogP contribution in [0.2, 0.25) is 0 Å². The molecule has 0 aromatic carbocycles. The SMILES string of the molecule is Cl.O=C1O[C@H]([C@@H](O)CO)C(O)=C1O. The predicted molar refractivity (Wildman–Crippen MR) is 42.5 cm³/mol. The molecule has 6 nitrogen and oxygen atoms in total. The monoisotopic (exact) mass is 212 g/mol. The molecule has 7 heteroatoms. The Labute approximate surface area is 79.5 Å². The Morgan fingerprint density at radius 3 is 2.31 bits per heavy atom. The second-order valence-electron chi connectivity index (χ2n) is 2.31. The summed E-state index contributed by atoms with van der Waals surface area (Å²) in [6, 6.07) is 0. The predicted octanol–water partition coefficient (Wildman–Crippen LogP) is -0.986. The van der Waals surface area contributed by atoms with Crippen molar-refractivity contribution in [2.45, 2.75) is 12.2 Å². The summed E-state index contributed by atoms with van der Waals surface area (Å²) in [5.41, 5.74) is 0. The van der Waals surface area contributed by atoms with Gasteiger partial charge < -0.3 is 25.2 Å². The Bertz CT molecular complexity index is 237. The fraction of sp³-hybridized carbons (Fsp3) is 0.500. The van der Waals surface area contributed by atoms with Crippen molar-refractivity contribution in [3.05, 3.63) is 11.5 Å². The first-order chi connectivity index (χ1) is 5.57. The molecule has 0 saturated carbocycles. The zero-order valence-electron chi connectivity index (χ0n) is 6.38. The van der Waals surface area contributed by atoms with E-state index < -0.39 is 36.3 Å². The van der Waals surface area contributed by atoms with Crippen LogP contribution in [-0.4, -0.2) is 45.2 Å². The number of carbonyl (C=O) groups is 1. The zero-order chi connectivity index (χ0) is 9.30. The number of halogens is 1. The second kappa shape index (κ2) is 4.31. The van der Waals surface area contributed by atoms with Gasteiger partial charge in [-0.3, -0.25) is 0 Å². The lowest BCUT2D eigenvalue weighted by Gasteiger charge is -2.13. The molecule has 0 spiro atoms. The van der Waals surface area contributed by atoms with Gasteiger partial charge in [-0.05, 0) is 0 Å². The molecule has 4 N–H and O–H groups in total. The van der Waals surface area contributed by atoms with Crippen molar-refractivity contribution in [1.82, 2.24) is 0 Å². The van der Waals surface area contributed by atoms with Gasteiger partial charge >= 0.3 is 5.97 Å². The highest BCUT2D eigenvalue weighted by atomic mass is 35.5. The van der Waals surface area contributed by atoms with Gasteiger partial charge in [-0.1, -0.05) is 0 Å². The summed E-state index contributed by atoms with van der Waals surface area (Å²) >= 11 is 0. The third-order valence-corrected chi connectivity index (χ3v) is 1.48. The summed E-state index contributed by atoms with van der Waals surface area (Å²) < 4.78 is 4.32. The van der Waals surface area contributed by atoms with Gasteiger partial charge in [0.05, 0.1) is 6.61 Å². The highest BCUT2D eigenvalue weighted by molar-refractivity contribution is 5.89. The van der Waals surface area contributed by atoms with E-state index >= 15 is 0 Å². The lowest BCUT2D eigenvalue weighted by molar-refractivity contribution is -0.147. The molecule has 0 saturated heterocycles. The van der Waals surface area contributed by atoms with Crippen LogP contribution in [0.3, 0.4) is 0 Å². The molecule has 1 heterocycles. The van der Waals surface area contributed by atoms with E-state index in [0.29, 0.717) is 0 Å². The molecular weight excluding hydrogens is 204 g/mol. The first-order valence-corrected chi connectivity index (χ1v) is 3.20. The van der Waals surface area contributed by atoms with E-state index in [9.17, 15) is 4.79 Å². The molecule has 0 radical (unpaired) electrons. The number of cyclic esters (lactones) is 1. The number of aliphatic hydroxyl groups is 4. The average molecular weight is 213 g/mol. The first-order valence-electron chi connectivity index (χ1n) is 3.20. The van der Waals surface area contributed by atoms with E-state index in [0.717, 1.165) is 0 Å². The smallest absolute Gasteiger partial charge is 0.377 e. The third-order valence-electron chi connectivity index (χ3n) is 1.48. The number of carbonyl (C=O) groups excluding carboxylic acids is 1. The third kappa shape index (κ3) is 2.03. The maximum atomic E-state index is 10.5. The van der Waals surface area contributed by atoms with Crippen molar-refractivity contribution in [2.24, 2.45) is 0 Å². The Morgan fingerprint density at radius 2 is 2.00 bits per heavy atom. The number of hydrogen-bond donors (Lipinski definition) is 4. The maximum absolute atomic E-state index is 10.5. The average Bonchev–Trinajstić information content (AvgIpc) is 2.32. The van der Waals surface area contributed by atoms with Crippen LogP contribution in [0.15, 0.2) is 11.5 Å². The normalized spacial score (nSPS) is 23.8. The molecule has 1 rings (SSSR count). The number of esters is 1. The molecule has 2 atom stereocenters. The molecule has 13 heavy (non-hydrogen) atoms. The highest BCUT2D eigenvalue weighted by Crippen LogP contribution is 2.20. The van der Waals surface area contributed by atoms with Gasteiger partial charge in [-0.15, -0.1) is 12.4 Å². The fourth-order valence-corrected chi connectivity index (χ4v) is 0.823. The number of aliphatic hydroxyl groups excluding tert-OH is 4. The minimum atomic E-state index is -1.42. The van der Waals surface area contributed by atoms with Crippen LogP contribution in [0.25, 0.3) is 0 Å². The zero-order valence-corrected chi connectivity index (χ0v) is 7.19. The highest BCUT2D eigenvalue weighted by Gasteiger charge is 2.38. The molecule has 0 aromatic heterocycles. The maximum Gasteiger partial charge on any atom is 0.377 e. The molecule has 0 bridgehead atoms. The van der Waals surface area contributed by atoms with Crippen molar-refractivity contribution in [1.29, 1.82) is 0 Å². The lowest BCUT2D eigenvalue weighted by atomic mass is 10.2. The van der Waals surface area contributed by atoms with Gasteiger partial charge in [0.1, 0.15) is 6.10 Å². The van der Waals surface area contributed by atoms with Crippen molar-refractivity contribution < 1.29 is 30.0 Å². The van der Waals surface area contributed by atoms with Gasteiger partial charge in [0.25, 0.3) is 0 Å². The van der Waals surface area contributed by atoms with E-state index in [1.807, 2.05) is 0 Å². The van der Waals surface area contributed by atoms with Crippen molar-refractivity contribution >= 4 is 18.4 Å². The molecule has 0 aromatic rings. The largest absolute Gasteiger partial charge is 0.505 e. The Morgan fingerprint density at radius 1 is 1.46 bits per heavy atom. The van der Waals surface area contributed by atoms with Gasteiger partial charge in [0, 0.05) is 0 Å². The summed E-state index contributed by atoms with van der Waals surface area (Å²) in [7, 11) is 0. The van der Waals surface area contributed by atoms with Crippen LogP contribution in [0.5, 0.6) is 0 Å². The number of rotatable bonds is 2. The molecule has 76 valence electrons. The van der Waals surface area contributed by atoms with Crippen molar-refractivity contribution in [2.75, 3.05) is 6.61 Å². The van der Waals surface area contributed by atoms with Crippen LogP contribution in [-0.2, 0) is 9.53 Å². The van der Waals surface area contributed by atoms with Gasteiger partial charge in [-0.2, -0.15) is 0 Å². The molecular formula is C6H9ClO6. The first kappa shape index (κ1) is 12.0. The fourth-order valence-electron chi connectivity index (χ4n) is 0.823. The van der Waals surface area contributed by atoms with Crippen LogP contribution in [0.4, 0.5) is 0 Å². The quantitative estimate of drug-likeness (QED) is 0.438. The molecule has 0 aliphatic carbocycles. The standard InChI is InChI=1S/C6H8O6.ClH/c7-1-2(8)5-3(9)4(10)6(11)12-5;/h2,5,7-10H,1H2;1H/t2-,5+;/m0./s1. The van der Waals surface area contributed by atoms with Crippen LogP contribution >= 0.6 is 12.4 Å². The van der Waals surface area contributed by atoms with E-state index in [1.165, 1.54) is 0 Å². The Hall–Kier alpha value is -0.980. The minimum absolute atomic E-state index is 0. The van der Waals surface area contributed by atoms with Crippen LogP contribution < -0.4 is 0 Å². The summed E-state index contributed by atoms with van der Waals surface area (Å²) in [5.74, 6) is -2.78. The number of hydrogen-bond acceptors (Lipinski definition) is 6. The Kier molecular flexibility index (Phi) is 3.99. The van der Waals surface area contributed by atoms with E-state index in [4.69, 9.17) is 20.4 Å². The molecule has 0 unspecified atom stereocenters.